The largest absolute Gasteiger partial charge is 1.00 e. The van der Waals surface area contributed by atoms with E-state index >= 15 is 0 Å². The maximum atomic E-state index is 11.9. The van der Waals surface area contributed by atoms with Crippen LogP contribution in [0.2, 0.25) is 0 Å². The Hall–Kier alpha value is 0.470. The van der Waals surface area contributed by atoms with Gasteiger partial charge in [-0.3, -0.25) is 4.79 Å². The fraction of sp³-hybridized carbons (Fsp3) is 0.969. The van der Waals surface area contributed by atoms with Gasteiger partial charge in [-0.25, -0.2) is 0 Å². The topological polar surface area (TPSA) is 26.3 Å². The summed E-state index contributed by atoms with van der Waals surface area (Å²) in [6.45, 7) is 5.20. The Kier molecular flexibility index (Phi) is 37.1. The standard InChI is InChI=1S/C32H64O2.Na.H/c1-3-5-7-9-11-13-15-17-18-19-20-22-24-26-28-30-32(33)34-31-29-27-25-23-21-16-14-12-10-8-6-4-2;;/h3-31H2,1-2H3;;/q;+1;-1. The van der Waals surface area contributed by atoms with Gasteiger partial charge in [-0.2, -0.15) is 0 Å². The van der Waals surface area contributed by atoms with Crippen LogP contribution in [0.1, 0.15) is 195 Å². The van der Waals surface area contributed by atoms with Gasteiger partial charge in [0.05, 0.1) is 6.61 Å². The molecular weight excluding hydrogens is 439 g/mol. The second kappa shape index (κ2) is 34.5. The third-order valence-electron chi connectivity index (χ3n) is 7.25. The van der Waals surface area contributed by atoms with Crippen LogP contribution in [-0.2, 0) is 9.53 Å². The van der Waals surface area contributed by atoms with E-state index in [9.17, 15) is 4.79 Å². The number of ether oxygens (including phenoxy) is 1. The Labute approximate surface area is 245 Å². The van der Waals surface area contributed by atoms with Crippen molar-refractivity contribution in [1.82, 2.24) is 0 Å². The van der Waals surface area contributed by atoms with Crippen LogP contribution in [0.5, 0.6) is 0 Å². The average molecular weight is 505 g/mol. The van der Waals surface area contributed by atoms with Crippen LogP contribution >= 0.6 is 0 Å². The molecule has 0 saturated heterocycles. The van der Waals surface area contributed by atoms with Gasteiger partial charge in [0.2, 0.25) is 0 Å². The number of esters is 1. The number of hydrogen-bond donors (Lipinski definition) is 0. The van der Waals surface area contributed by atoms with Crippen molar-refractivity contribution >= 4 is 5.97 Å². The van der Waals surface area contributed by atoms with Gasteiger partial charge >= 0.3 is 35.5 Å². The smallest absolute Gasteiger partial charge is 1.00 e. The van der Waals surface area contributed by atoms with Crippen molar-refractivity contribution in [1.29, 1.82) is 0 Å². The molecule has 0 radical (unpaired) electrons. The molecule has 0 aliphatic rings. The normalized spacial score (nSPS) is 10.9. The van der Waals surface area contributed by atoms with Crippen molar-refractivity contribution < 1.29 is 40.5 Å². The first-order valence-electron chi connectivity index (χ1n) is 16.0. The molecule has 0 N–H and O–H groups in total. The minimum absolute atomic E-state index is 0. The summed E-state index contributed by atoms with van der Waals surface area (Å²) in [7, 11) is 0. The molecule has 0 atom stereocenters. The van der Waals surface area contributed by atoms with Gasteiger partial charge in [-0.1, -0.05) is 174 Å². The predicted molar refractivity (Wildman–Crippen MR) is 153 cm³/mol. The van der Waals surface area contributed by atoms with Crippen LogP contribution in [0.4, 0.5) is 0 Å². The molecule has 0 aliphatic heterocycles. The first kappa shape index (κ1) is 37.6. The zero-order chi connectivity index (χ0) is 24.8. The molecule has 35 heavy (non-hydrogen) atoms. The van der Waals surface area contributed by atoms with E-state index in [4.69, 9.17) is 4.74 Å². The van der Waals surface area contributed by atoms with Crippen molar-refractivity contribution in [3.63, 3.8) is 0 Å². The fourth-order valence-electron chi connectivity index (χ4n) is 4.84. The zero-order valence-electron chi connectivity index (χ0n) is 25.8. The molecule has 0 fully saturated rings. The summed E-state index contributed by atoms with van der Waals surface area (Å²) < 4.78 is 5.41. The van der Waals surface area contributed by atoms with E-state index in [2.05, 4.69) is 13.8 Å². The van der Waals surface area contributed by atoms with Crippen LogP contribution in [0.25, 0.3) is 0 Å². The molecule has 0 heterocycles. The number of rotatable bonds is 29. The van der Waals surface area contributed by atoms with Gasteiger partial charge in [0.15, 0.2) is 0 Å². The molecule has 206 valence electrons. The molecule has 0 aromatic carbocycles. The van der Waals surface area contributed by atoms with Crippen LogP contribution in [-0.4, -0.2) is 12.6 Å². The molecule has 3 heteroatoms. The second-order valence-electron chi connectivity index (χ2n) is 10.8. The molecule has 0 aromatic heterocycles. The Morgan fingerprint density at radius 2 is 0.686 bits per heavy atom. The van der Waals surface area contributed by atoms with Crippen LogP contribution in [0.15, 0.2) is 0 Å². The third-order valence-corrected chi connectivity index (χ3v) is 7.25. The zero-order valence-corrected chi connectivity index (χ0v) is 26.8. The Morgan fingerprint density at radius 1 is 0.429 bits per heavy atom. The van der Waals surface area contributed by atoms with Gasteiger partial charge in [0.25, 0.3) is 0 Å². The SMILES string of the molecule is CCCCCCCCCCCCCCCCCC(=O)OCCCCCCCCCCCCCC.[H-].[Na+]. The van der Waals surface area contributed by atoms with E-state index in [0.717, 1.165) is 12.8 Å². The monoisotopic (exact) mass is 504 g/mol. The molecule has 0 aromatic rings. The third kappa shape index (κ3) is 34.5. The Bertz CT molecular complexity index is 392. The molecule has 0 saturated carbocycles. The summed E-state index contributed by atoms with van der Waals surface area (Å²) in [5.41, 5.74) is 0. The van der Waals surface area contributed by atoms with Crippen molar-refractivity contribution in [3.05, 3.63) is 0 Å². The number of carbonyl (C=O) groups excluding carboxylic acids is 1. The predicted octanol–water partition coefficient (Wildman–Crippen LogP) is 8.61. The Morgan fingerprint density at radius 3 is 1.00 bits per heavy atom. The van der Waals surface area contributed by atoms with Gasteiger partial charge < -0.3 is 6.16 Å². The van der Waals surface area contributed by atoms with E-state index in [-0.39, 0.29) is 37.0 Å². The van der Waals surface area contributed by atoms with Crippen molar-refractivity contribution in [2.75, 3.05) is 6.61 Å². The van der Waals surface area contributed by atoms with Crippen molar-refractivity contribution in [2.24, 2.45) is 0 Å². The van der Waals surface area contributed by atoms with E-state index in [0.29, 0.717) is 13.0 Å². The summed E-state index contributed by atoms with van der Waals surface area (Å²) in [4.78, 5) is 11.9. The van der Waals surface area contributed by atoms with Gasteiger partial charge in [0.1, 0.15) is 0 Å². The molecule has 0 amide bonds. The van der Waals surface area contributed by atoms with Crippen molar-refractivity contribution in [3.8, 4) is 0 Å². The minimum atomic E-state index is 0. The van der Waals surface area contributed by atoms with E-state index in [1.165, 1.54) is 161 Å². The molecule has 2 nitrogen and oxygen atoms in total. The summed E-state index contributed by atoms with van der Waals surface area (Å²) in [6, 6.07) is 0. The molecule has 0 unspecified atom stereocenters. The van der Waals surface area contributed by atoms with Crippen LogP contribution in [0, 0.1) is 0 Å². The van der Waals surface area contributed by atoms with Gasteiger partial charge in [-0.05, 0) is 12.8 Å². The van der Waals surface area contributed by atoms with E-state index in [1.807, 2.05) is 0 Å². The summed E-state index contributed by atoms with van der Waals surface area (Å²) in [5.74, 6) is 0.0257. The molecule has 0 rings (SSSR count). The van der Waals surface area contributed by atoms with Crippen molar-refractivity contribution in [2.45, 2.75) is 194 Å². The van der Waals surface area contributed by atoms with Crippen LogP contribution in [0.3, 0.4) is 0 Å². The van der Waals surface area contributed by atoms with E-state index < -0.39 is 0 Å². The first-order valence-corrected chi connectivity index (χ1v) is 16.0. The molecule has 0 bridgehead atoms. The van der Waals surface area contributed by atoms with E-state index in [1.54, 1.807) is 0 Å². The quantitative estimate of drug-likeness (QED) is 0.0579. The summed E-state index contributed by atoms with van der Waals surface area (Å²) >= 11 is 0. The molecule has 0 spiro atoms. The van der Waals surface area contributed by atoms with Gasteiger partial charge in [0, 0.05) is 6.42 Å². The second-order valence-corrected chi connectivity index (χ2v) is 10.8. The number of hydrogen-bond acceptors (Lipinski definition) is 2. The maximum Gasteiger partial charge on any atom is 1.00 e. The summed E-state index contributed by atoms with van der Waals surface area (Å²) in [5, 5.41) is 0. The number of carbonyl (C=O) groups is 1. The fourth-order valence-corrected chi connectivity index (χ4v) is 4.84. The van der Waals surface area contributed by atoms with Gasteiger partial charge in [-0.15, -0.1) is 0 Å². The molecular formula is C32H65NaO2. The number of unbranched alkanes of at least 4 members (excludes halogenated alkanes) is 25. The minimum Gasteiger partial charge on any atom is -1.00 e. The summed E-state index contributed by atoms with van der Waals surface area (Å²) in [6.07, 6.45) is 37.2. The Balaban J connectivity index is -0.00000544. The van der Waals surface area contributed by atoms with Crippen LogP contribution < -0.4 is 29.6 Å². The maximum absolute atomic E-state index is 11.9. The molecule has 0 aliphatic carbocycles. The average Bonchev–Trinajstić information content (AvgIpc) is 2.84. The first-order chi connectivity index (χ1) is 16.8.